The van der Waals surface area contributed by atoms with Gasteiger partial charge in [-0.15, -0.1) is 0 Å². The molecule has 0 saturated carbocycles. The summed E-state index contributed by atoms with van der Waals surface area (Å²) >= 11 is 0. The van der Waals surface area contributed by atoms with Gasteiger partial charge in [0.2, 0.25) is 0 Å². The van der Waals surface area contributed by atoms with Crippen LogP contribution in [0.15, 0.2) is 47.5 Å². The lowest BCUT2D eigenvalue weighted by molar-refractivity contribution is 0.102. The Labute approximate surface area is 144 Å². The van der Waals surface area contributed by atoms with Crippen molar-refractivity contribution >= 4 is 22.5 Å². The number of fused-ring (bicyclic) bond motifs is 2. The number of carbonyl (C=O) groups is 1. The van der Waals surface area contributed by atoms with E-state index in [1.807, 2.05) is 0 Å². The molecule has 6 nitrogen and oxygen atoms in total. The van der Waals surface area contributed by atoms with Gasteiger partial charge in [0.1, 0.15) is 5.82 Å². The van der Waals surface area contributed by atoms with E-state index >= 15 is 0 Å². The van der Waals surface area contributed by atoms with Crippen molar-refractivity contribution in [2.24, 2.45) is 0 Å². The second-order valence-electron chi connectivity index (χ2n) is 6.22. The zero-order valence-corrected chi connectivity index (χ0v) is 13.7. The first kappa shape index (κ1) is 15.5. The lowest BCUT2D eigenvalue weighted by Gasteiger charge is -2.11. The zero-order chi connectivity index (χ0) is 17.2. The molecule has 4 rings (SSSR count). The van der Waals surface area contributed by atoms with Gasteiger partial charge in [0.05, 0.1) is 16.5 Å². The number of nitrogens with one attached hydrogen (secondary N) is 1. The van der Waals surface area contributed by atoms with Crippen molar-refractivity contribution in [3.05, 3.63) is 64.5 Å². The number of hydrogen-bond donors (Lipinski definition) is 1. The van der Waals surface area contributed by atoms with E-state index < -0.39 is 0 Å². The van der Waals surface area contributed by atoms with E-state index in [0.717, 1.165) is 31.5 Å². The monoisotopic (exact) mass is 334 g/mol. The van der Waals surface area contributed by atoms with Crippen molar-refractivity contribution < 1.29 is 4.79 Å². The standard InChI is InChI=1S/C19H18N4O2/c24-18(13-5-4-9-20-12-13)21-14-7-8-16-15(11-14)19(25)23-10-3-1-2-6-17(23)22-16/h4-5,7-9,11-12H,1-3,6,10H2,(H,21,24). The van der Waals surface area contributed by atoms with Gasteiger partial charge in [-0.3, -0.25) is 19.1 Å². The van der Waals surface area contributed by atoms with Gasteiger partial charge in [-0.25, -0.2) is 4.98 Å². The second-order valence-corrected chi connectivity index (χ2v) is 6.22. The van der Waals surface area contributed by atoms with Crippen molar-refractivity contribution in [1.29, 1.82) is 0 Å². The minimum atomic E-state index is -0.254. The number of benzene rings is 1. The van der Waals surface area contributed by atoms with Crippen LogP contribution in [0.25, 0.3) is 10.9 Å². The lowest BCUT2D eigenvalue weighted by atomic mass is 10.2. The van der Waals surface area contributed by atoms with E-state index in [0.29, 0.717) is 28.7 Å². The molecule has 1 aromatic carbocycles. The first-order valence-corrected chi connectivity index (χ1v) is 8.47. The molecule has 3 aromatic rings. The molecule has 126 valence electrons. The number of nitrogens with zero attached hydrogens (tertiary/aromatic N) is 3. The van der Waals surface area contributed by atoms with Gasteiger partial charge in [-0.05, 0) is 43.2 Å². The smallest absolute Gasteiger partial charge is 0.261 e. The highest BCUT2D eigenvalue weighted by molar-refractivity contribution is 6.04. The molecular weight excluding hydrogens is 316 g/mol. The van der Waals surface area contributed by atoms with Crippen molar-refractivity contribution in [3.63, 3.8) is 0 Å². The number of anilines is 1. The number of rotatable bonds is 2. The summed E-state index contributed by atoms with van der Waals surface area (Å²) < 4.78 is 1.78. The first-order valence-electron chi connectivity index (χ1n) is 8.47. The van der Waals surface area contributed by atoms with E-state index in [1.54, 1.807) is 41.1 Å². The molecule has 2 aromatic heterocycles. The highest BCUT2D eigenvalue weighted by atomic mass is 16.1. The van der Waals surface area contributed by atoms with Crippen LogP contribution in [-0.4, -0.2) is 20.4 Å². The van der Waals surface area contributed by atoms with E-state index in [-0.39, 0.29) is 11.5 Å². The summed E-state index contributed by atoms with van der Waals surface area (Å²) in [4.78, 5) is 33.7. The quantitative estimate of drug-likeness (QED) is 0.782. The maximum absolute atomic E-state index is 12.8. The number of aromatic nitrogens is 3. The van der Waals surface area contributed by atoms with Gasteiger partial charge in [-0.2, -0.15) is 0 Å². The fourth-order valence-corrected chi connectivity index (χ4v) is 3.20. The third-order valence-corrected chi connectivity index (χ3v) is 4.50. The predicted molar refractivity (Wildman–Crippen MR) is 95.7 cm³/mol. The number of hydrogen-bond acceptors (Lipinski definition) is 4. The molecule has 1 aliphatic rings. The Hall–Kier alpha value is -3.02. The van der Waals surface area contributed by atoms with Gasteiger partial charge in [0.15, 0.2) is 0 Å². The van der Waals surface area contributed by atoms with Crippen LogP contribution < -0.4 is 10.9 Å². The van der Waals surface area contributed by atoms with Crippen LogP contribution in [0, 0.1) is 0 Å². The van der Waals surface area contributed by atoms with Crippen molar-refractivity contribution in [2.75, 3.05) is 5.32 Å². The van der Waals surface area contributed by atoms with Gasteiger partial charge >= 0.3 is 0 Å². The SMILES string of the molecule is O=C(Nc1ccc2nc3n(c(=O)c2c1)CCCCC3)c1cccnc1. The largest absolute Gasteiger partial charge is 0.322 e. The fraction of sp³-hybridized carbons (Fsp3) is 0.263. The molecule has 6 heteroatoms. The van der Waals surface area contributed by atoms with Crippen LogP contribution in [0.2, 0.25) is 0 Å². The highest BCUT2D eigenvalue weighted by Gasteiger charge is 2.14. The van der Waals surface area contributed by atoms with Gasteiger partial charge < -0.3 is 5.32 Å². The number of pyridine rings is 1. The molecule has 0 radical (unpaired) electrons. The molecule has 1 N–H and O–H groups in total. The summed E-state index contributed by atoms with van der Waals surface area (Å²) in [5, 5.41) is 3.35. The van der Waals surface area contributed by atoms with Gasteiger partial charge in [0.25, 0.3) is 11.5 Å². The molecule has 0 saturated heterocycles. The van der Waals surface area contributed by atoms with Gasteiger partial charge in [-0.1, -0.05) is 6.42 Å². The van der Waals surface area contributed by atoms with Crippen molar-refractivity contribution in [3.8, 4) is 0 Å². The second kappa shape index (κ2) is 6.47. The Morgan fingerprint density at radius 1 is 1.16 bits per heavy atom. The topological polar surface area (TPSA) is 76.9 Å². The normalized spacial score (nSPS) is 13.9. The van der Waals surface area contributed by atoms with Crippen molar-refractivity contribution in [2.45, 2.75) is 32.2 Å². The van der Waals surface area contributed by atoms with Crippen LogP contribution in [-0.2, 0) is 13.0 Å². The molecule has 0 atom stereocenters. The molecule has 0 spiro atoms. The summed E-state index contributed by atoms with van der Waals surface area (Å²) in [6.45, 7) is 0.712. The maximum Gasteiger partial charge on any atom is 0.261 e. The first-order chi connectivity index (χ1) is 12.2. The molecular formula is C19H18N4O2. The fourth-order valence-electron chi connectivity index (χ4n) is 3.20. The number of carbonyl (C=O) groups excluding carboxylic acids is 1. The Morgan fingerprint density at radius 2 is 2.08 bits per heavy atom. The van der Waals surface area contributed by atoms with Gasteiger partial charge in [0, 0.05) is 31.0 Å². The molecule has 0 fully saturated rings. The number of amides is 1. The molecule has 1 amide bonds. The average molecular weight is 334 g/mol. The summed E-state index contributed by atoms with van der Waals surface area (Å²) in [6, 6.07) is 8.68. The molecule has 1 aliphatic heterocycles. The van der Waals surface area contributed by atoms with E-state index in [1.165, 1.54) is 6.20 Å². The average Bonchev–Trinajstić information content (AvgIpc) is 2.89. The van der Waals surface area contributed by atoms with Crippen molar-refractivity contribution in [1.82, 2.24) is 14.5 Å². The van der Waals surface area contributed by atoms with E-state index in [4.69, 9.17) is 0 Å². The summed E-state index contributed by atoms with van der Waals surface area (Å²) in [7, 11) is 0. The van der Waals surface area contributed by atoms with E-state index in [9.17, 15) is 9.59 Å². The van der Waals surface area contributed by atoms with Crippen LogP contribution in [0.3, 0.4) is 0 Å². The Balaban J connectivity index is 1.71. The Morgan fingerprint density at radius 3 is 2.92 bits per heavy atom. The molecule has 0 aliphatic carbocycles. The molecule has 0 bridgehead atoms. The third kappa shape index (κ3) is 3.03. The van der Waals surface area contributed by atoms with Crippen LogP contribution >= 0.6 is 0 Å². The Bertz CT molecular complexity index is 995. The molecule has 0 unspecified atom stereocenters. The zero-order valence-electron chi connectivity index (χ0n) is 13.7. The molecule has 25 heavy (non-hydrogen) atoms. The lowest BCUT2D eigenvalue weighted by Crippen LogP contribution is -2.24. The van der Waals surface area contributed by atoms with E-state index in [2.05, 4.69) is 15.3 Å². The minimum absolute atomic E-state index is 0.0284. The van der Waals surface area contributed by atoms with Crippen LogP contribution in [0.4, 0.5) is 5.69 Å². The Kier molecular flexibility index (Phi) is 4.01. The summed E-state index contributed by atoms with van der Waals surface area (Å²) in [5.74, 6) is 0.609. The highest BCUT2D eigenvalue weighted by Crippen LogP contribution is 2.19. The minimum Gasteiger partial charge on any atom is -0.322 e. The van der Waals surface area contributed by atoms with Crippen LogP contribution in [0.1, 0.15) is 35.4 Å². The summed E-state index contributed by atoms with van der Waals surface area (Å²) in [5.41, 5.74) is 1.70. The third-order valence-electron chi connectivity index (χ3n) is 4.50. The predicted octanol–water partition coefficient (Wildman–Crippen LogP) is 2.77. The van der Waals surface area contributed by atoms with Crippen LogP contribution in [0.5, 0.6) is 0 Å². The maximum atomic E-state index is 12.8. The number of aryl methyl sites for hydroxylation is 1. The summed E-state index contributed by atoms with van der Waals surface area (Å²) in [6.07, 6.45) is 7.14. The molecule has 3 heterocycles.